The second kappa shape index (κ2) is 9.25. The minimum atomic E-state index is 0.548. The highest BCUT2D eigenvalue weighted by atomic mass is 35.5. The molecule has 5 nitrogen and oxygen atoms in total. The Bertz CT molecular complexity index is 1020. The fraction of sp³-hybridized carbons (Fsp3) is 0.500. The average molecular weight is 429 g/mol. The zero-order chi connectivity index (χ0) is 22.0. The van der Waals surface area contributed by atoms with E-state index < -0.39 is 0 Å². The number of rotatable bonds is 8. The second-order valence-corrected chi connectivity index (χ2v) is 9.13. The van der Waals surface area contributed by atoms with Crippen LogP contribution in [0.15, 0.2) is 24.5 Å². The maximum atomic E-state index is 6.66. The molecule has 0 N–H and O–H groups in total. The average Bonchev–Trinajstić information content (AvgIpc) is 3.05. The van der Waals surface area contributed by atoms with Crippen LogP contribution in [0.1, 0.15) is 45.9 Å². The predicted octanol–water partition coefficient (Wildman–Crippen LogP) is 6.05. The lowest BCUT2D eigenvalue weighted by molar-refractivity contribution is 0.416. The van der Waals surface area contributed by atoms with E-state index in [-0.39, 0.29) is 0 Å². The molecule has 2 aromatic heterocycles. The summed E-state index contributed by atoms with van der Waals surface area (Å²) in [6, 6.07) is 3.93. The summed E-state index contributed by atoms with van der Waals surface area (Å²) < 4.78 is 7.82. The summed E-state index contributed by atoms with van der Waals surface area (Å²) in [4.78, 5) is 12.2. The van der Waals surface area contributed by atoms with Gasteiger partial charge in [-0.25, -0.2) is 4.98 Å². The molecule has 3 aromatic rings. The van der Waals surface area contributed by atoms with Crippen LogP contribution in [-0.2, 0) is 6.42 Å². The molecule has 0 aliphatic rings. The fourth-order valence-electron chi connectivity index (χ4n) is 3.99. The molecule has 1 aromatic carbocycles. The van der Waals surface area contributed by atoms with Crippen LogP contribution < -0.4 is 9.64 Å². The summed E-state index contributed by atoms with van der Waals surface area (Å²) in [7, 11) is 1.66. The molecule has 2 heterocycles. The topological polar surface area (TPSA) is 42.7 Å². The van der Waals surface area contributed by atoms with Crippen LogP contribution >= 0.6 is 11.6 Å². The van der Waals surface area contributed by atoms with Gasteiger partial charge in [-0.1, -0.05) is 46.2 Å². The van der Waals surface area contributed by atoms with Crippen LogP contribution in [0, 0.1) is 18.8 Å². The maximum absolute atomic E-state index is 6.66. The van der Waals surface area contributed by atoms with Crippen molar-refractivity contribution in [3.05, 3.63) is 40.8 Å². The third-order valence-electron chi connectivity index (χ3n) is 5.05. The molecule has 3 rings (SSSR count). The molecule has 162 valence electrons. The van der Waals surface area contributed by atoms with Gasteiger partial charge in [0.15, 0.2) is 5.65 Å². The van der Waals surface area contributed by atoms with Crippen molar-refractivity contribution in [2.24, 2.45) is 11.8 Å². The molecule has 0 unspecified atom stereocenters. The third-order valence-corrected chi connectivity index (χ3v) is 5.35. The lowest BCUT2D eigenvalue weighted by Gasteiger charge is -2.28. The van der Waals surface area contributed by atoms with Crippen LogP contribution in [0.25, 0.3) is 16.9 Å². The molecular weight excluding hydrogens is 396 g/mol. The van der Waals surface area contributed by atoms with Crippen molar-refractivity contribution in [1.29, 1.82) is 0 Å². The zero-order valence-electron chi connectivity index (χ0n) is 19.2. The number of hydrogen-bond acceptors (Lipinski definition) is 4. The Morgan fingerprint density at radius 2 is 1.80 bits per heavy atom. The molecule has 0 saturated heterocycles. The van der Waals surface area contributed by atoms with Crippen LogP contribution in [-0.4, -0.2) is 34.6 Å². The van der Waals surface area contributed by atoms with E-state index in [1.165, 1.54) is 0 Å². The van der Waals surface area contributed by atoms with Gasteiger partial charge < -0.3 is 9.64 Å². The minimum absolute atomic E-state index is 0.548. The molecule has 6 heteroatoms. The van der Waals surface area contributed by atoms with Gasteiger partial charge in [0, 0.05) is 25.5 Å². The highest BCUT2D eigenvalue weighted by Crippen LogP contribution is 2.39. The van der Waals surface area contributed by atoms with Crippen LogP contribution in [0.5, 0.6) is 5.75 Å². The summed E-state index contributed by atoms with van der Waals surface area (Å²) in [6.45, 7) is 15.1. The van der Waals surface area contributed by atoms with Gasteiger partial charge in [0.2, 0.25) is 0 Å². The van der Waals surface area contributed by atoms with E-state index in [0.717, 1.165) is 53.5 Å². The SMILES string of the molecule is CCc1nc2c(-c3c(Cl)cc(C)cc3OC)nccn2c1N(CC(C)C)CC(C)C. The van der Waals surface area contributed by atoms with Crippen molar-refractivity contribution in [3.63, 3.8) is 0 Å². The van der Waals surface area contributed by atoms with E-state index in [9.17, 15) is 0 Å². The van der Waals surface area contributed by atoms with Crippen LogP contribution in [0.3, 0.4) is 0 Å². The zero-order valence-corrected chi connectivity index (χ0v) is 19.9. The summed E-state index contributed by atoms with van der Waals surface area (Å²) in [6.07, 6.45) is 4.68. The Kier molecular flexibility index (Phi) is 6.91. The Hall–Kier alpha value is -2.27. The lowest BCUT2D eigenvalue weighted by atomic mass is 10.1. The van der Waals surface area contributed by atoms with E-state index in [0.29, 0.717) is 22.6 Å². The number of imidazole rings is 1. The summed E-state index contributed by atoms with van der Waals surface area (Å²) in [5.74, 6) is 2.96. The first kappa shape index (κ1) is 22.4. The van der Waals surface area contributed by atoms with Gasteiger partial charge in [-0.3, -0.25) is 9.38 Å². The minimum Gasteiger partial charge on any atom is -0.496 e. The number of methoxy groups -OCH3 is 1. The van der Waals surface area contributed by atoms with E-state index in [2.05, 4.69) is 48.9 Å². The van der Waals surface area contributed by atoms with Crippen LogP contribution in [0.4, 0.5) is 5.82 Å². The van der Waals surface area contributed by atoms with Gasteiger partial charge in [-0.15, -0.1) is 0 Å². The quantitative estimate of drug-likeness (QED) is 0.438. The lowest BCUT2D eigenvalue weighted by Crippen LogP contribution is -2.33. The van der Waals surface area contributed by atoms with Gasteiger partial charge in [-0.05, 0) is 42.9 Å². The molecule has 0 atom stereocenters. The monoisotopic (exact) mass is 428 g/mol. The number of aromatic nitrogens is 3. The molecule has 0 saturated carbocycles. The number of aryl methyl sites for hydroxylation is 2. The Labute approximate surface area is 185 Å². The molecular formula is C24H33ClN4O. The largest absolute Gasteiger partial charge is 0.496 e. The van der Waals surface area contributed by atoms with E-state index in [1.54, 1.807) is 7.11 Å². The Morgan fingerprint density at radius 1 is 1.13 bits per heavy atom. The van der Waals surface area contributed by atoms with Crippen molar-refractivity contribution in [3.8, 4) is 17.0 Å². The highest BCUT2D eigenvalue weighted by molar-refractivity contribution is 6.34. The summed E-state index contributed by atoms with van der Waals surface area (Å²) >= 11 is 6.66. The predicted molar refractivity (Wildman–Crippen MR) is 126 cm³/mol. The van der Waals surface area contributed by atoms with E-state index >= 15 is 0 Å². The van der Waals surface area contributed by atoms with Crippen molar-refractivity contribution in [1.82, 2.24) is 14.4 Å². The summed E-state index contributed by atoms with van der Waals surface area (Å²) in [5.41, 5.74) is 4.47. The summed E-state index contributed by atoms with van der Waals surface area (Å²) in [5, 5.41) is 0.622. The van der Waals surface area contributed by atoms with Crippen molar-refractivity contribution in [2.45, 2.75) is 48.0 Å². The second-order valence-electron chi connectivity index (χ2n) is 8.72. The van der Waals surface area contributed by atoms with Crippen molar-refractivity contribution < 1.29 is 4.74 Å². The van der Waals surface area contributed by atoms with Gasteiger partial charge in [-0.2, -0.15) is 0 Å². The molecule has 0 bridgehead atoms. The number of benzene rings is 1. The molecule has 0 spiro atoms. The third kappa shape index (κ3) is 4.41. The van der Waals surface area contributed by atoms with Gasteiger partial charge in [0.1, 0.15) is 17.3 Å². The Balaban J connectivity index is 2.28. The number of fused-ring (bicyclic) bond motifs is 1. The molecule has 0 aliphatic heterocycles. The number of ether oxygens (including phenoxy) is 1. The Morgan fingerprint density at radius 3 is 2.37 bits per heavy atom. The fourth-order valence-corrected chi connectivity index (χ4v) is 4.34. The first-order valence-electron chi connectivity index (χ1n) is 10.7. The highest BCUT2D eigenvalue weighted by Gasteiger charge is 2.24. The molecule has 0 aliphatic carbocycles. The number of anilines is 1. The number of halogens is 1. The van der Waals surface area contributed by atoms with Gasteiger partial charge in [0.05, 0.1) is 23.4 Å². The first-order valence-corrected chi connectivity index (χ1v) is 11.1. The number of nitrogens with zero attached hydrogens (tertiary/aromatic N) is 4. The van der Waals surface area contributed by atoms with Gasteiger partial charge in [0.25, 0.3) is 0 Å². The molecule has 0 fully saturated rings. The molecule has 0 radical (unpaired) electrons. The number of hydrogen-bond donors (Lipinski definition) is 0. The molecule has 30 heavy (non-hydrogen) atoms. The van der Waals surface area contributed by atoms with Crippen molar-refractivity contribution >= 4 is 23.1 Å². The smallest absolute Gasteiger partial charge is 0.165 e. The maximum Gasteiger partial charge on any atom is 0.165 e. The van der Waals surface area contributed by atoms with E-state index in [1.807, 2.05) is 31.5 Å². The first-order chi connectivity index (χ1) is 14.3. The standard InChI is InChI=1S/C24H33ClN4O/c1-8-19-24(28(13-15(2)3)14-16(4)5)29-10-9-26-22(23(29)27-19)21-18(25)11-17(6)12-20(21)30-7/h9-12,15-16H,8,13-14H2,1-7H3. The normalized spacial score (nSPS) is 11.7. The van der Waals surface area contributed by atoms with Crippen LogP contribution in [0.2, 0.25) is 5.02 Å². The molecule has 0 amide bonds. The van der Waals surface area contributed by atoms with E-state index in [4.69, 9.17) is 21.3 Å². The van der Waals surface area contributed by atoms with Crippen molar-refractivity contribution in [2.75, 3.05) is 25.1 Å². The van der Waals surface area contributed by atoms with Gasteiger partial charge >= 0.3 is 0 Å².